The minimum absolute atomic E-state index is 0.821. The highest BCUT2D eigenvalue weighted by Gasteiger charge is 2.29. The second-order valence-corrected chi connectivity index (χ2v) is 19.6. The standard InChI is InChI=1S/C70H46N2O3/c1-43-21-17-33-53-55-35-19-39-61(69(55)73-65(43)53)71(59-37-15-13-27-47(59)45-23-5-3-6-24-45)63-41-57-58-42-64(50-30-10-12-32-52(50)68(58)75-67(57)51-31-11-9-29-49(51)63)72(60-38-16-14-28-48(60)46-25-7-4-8-26-46)62-40-20-36-56-54-34-18-22-44(2)66(54)74-70(56)62/h3-42H,1-2H3. The van der Waals surface area contributed by atoms with Crippen molar-refractivity contribution in [2.45, 2.75) is 13.8 Å². The minimum Gasteiger partial charge on any atom is -0.455 e. The number of fused-ring (bicyclic) bond motifs is 13. The van der Waals surface area contributed by atoms with E-state index in [1.807, 2.05) is 0 Å². The van der Waals surface area contributed by atoms with E-state index in [-0.39, 0.29) is 0 Å². The molecule has 75 heavy (non-hydrogen) atoms. The zero-order valence-electron chi connectivity index (χ0n) is 41.2. The van der Waals surface area contributed by atoms with Crippen LogP contribution in [-0.2, 0) is 0 Å². The number of aryl methyl sites for hydroxylation is 2. The van der Waals surface area contributed by atoms with Crippen LogP contribution in [0.2, 0.25) is 0 Å². The largest absolute Gasteiger partial charge is 0.455 e. The van der Waals surface area contributed by atoms with Gasteiger partial charge in [0.25, 0.3) is 0 Å². The summed E-state index contributed by atoms with van der Waals surface area (Å²) in [5.74, 6) is 0. The zero-order valence-corrected chi connectivity index (χ0v) is 41.2. The molecule has 0 unspecified atom stereocenters. The molecule has 15 rings (SSSR count). The number of nitrogens with zero attached hydrogens (tertiary/aromatic N) is 2. The van der Waals surface area contributed by atoms with E-state index in [2.05, 4.69) is 266 Å². The highest BCUT2D eigenvalue weighted by Crippen LogP contribution is 2.53. The fourth-order valence-electron chi connectivity index (χ4n) is 11.8. The van der Waals surface area contributed by atoms with Crippen molar-refractivity contribution in [3.05, 3.63) is 254 Å². The molecule has 0 aliphatic rings. The van der Waals surface area contributed by atoms with Crippen LogP contribution in [0.3, 0.4) is 0 Å². The van der Waals surface area contributed by atoms with E-state index in [1.54, 1.807) is 0 Å². The SMILES string of the molecule is Cc1cccc2c1oc1c(N(c3ccccc3-c3ccccc3)c3cc4c5cc(N(c6ccccc6-c6ccccc6)c6cccc7c6oc6c(C)cccc67)c6ccccc6c5oc4c4ccccc34)cccc12. The molecule has 5 nitrogen and oxygen atoms in total. The van der Waals surface area contributed by atoms with Gasteiger partial charge in [-0.25, -0.2) is 0 Å². The lowest BCUT2D eigenvalue weighted by Crippen LogP contribution is -2.12. The molecule has 0 fully saturated rings. The van der Waals surface area contributed by atoms with E-state index in [4.69, 9.17) is 13.3 Å². The van der Waals surface area contributed by atoms with Crippen LogP contribution in [0.15, 0.2) is 256 Å². The quantitative estimate of drug-likeness (QED) is 0.152. The third-order valence-electron chi connectivity index (χ3n) is 15.3. The Hall–Kier alpha value is -9.84. The number of anilines is 6. The van der Waals surface area contributed by atoms with E-state index < -0.39 is 0 Å². The Kier molecular flexibility index (Phi) is 9.63. The lowest BCUT2D eigenvalue weighted by molar-refractivity contribution is 0.665. The molecular weight excluding hydrogens is 917 g/mol. The summed E-state index contributed by atoms with van der Waals surface area (Å²) >= 11 is 0. The van der Waals surface area contributed by atoms with Crippen molar-refractivity contribution in [2.75, 3.05) is 9.80 Å². The highest BCUT2D eigenvalue weighted by molar-refractivity contribution is 6.26. The summed E-state index contributed by atoms with van der Waals surface area (Å²) in [6, 6.07) is 86.7. The van der Waals surface area contributed by atoms with Crippen LogP contribution in [0.25, 0.3) is 110 Å². The molecule has 0 atom stereocenters. The van der Waals surface area contributed by atoms with E-state index in [9.17, 15) is 0 Å². The Morgan fingerprint density at radius 1 is 0.227 bits per heavy atom. The predicted octanol–water partition coefficient (Wildman–Crippen LogP) is 20.6. The Bertz CT molecular complexity index is 4450. The maximum absolute atomic E-state index is 7.33. The highest BCUT2D eigenvalue weighted by atomic mass is 16.3. The Morgan fingerprint density at radius 2 is 0.533 bits per heavy atom. The van der Waals surface area contributed by atoms with Gasteiger partial charge in [0.05, 0.1) is 34.1 Å². The maximum Gasteiger partial charge on any atom is 0.159 e. The molecule has 0 bridgehead atoms. The van der Waals surface area contributed by atoms with Crippen LogP contribution in [0, 0.1) is 13.8 Å². The van der Waals surface area contributed by atoms with Crippen molar-refractivity contribution in [2.24, 2.45) is 0 Å². The van der Waals surface area contributed by atoms with Gasteiger partial charge < -0.3 is 23.1 Å². The zero-order chi connectivity index (χ0) is 49.7. The van der Waals surface area contributed by atoms with E-state index in [0.29, 0.717) is 0 Å². The average Bonchev–Trinajstić information content (AvgIpc) is 4.20. The number of para-hydroxylation sites is 6. The summed E-state index contributed by atoms with van der Waals surface area (Å²) < 4.78 is 21.4. The van der Waals surface area contributed by atoms with Crippen molar-refractivity contribution >= 4 is 121 Å². The van der Waals surface area contributed by atoms with Gasteiger partial charge in [0.15, 0.2) is 11.2 Å². The molecule has 0 aliphatic heterocycles. The predicted molar refractivity (Wildman–Crippen MR) is 313 cm³/mol. The van der Waals surface area contributed by atoms with Gasteiger partial charge in [-0.05, 0) is 72.5 Å². The molecule has 3 heterocycles. The van der Waals surface area contributed by atoms with Gasteiger partial charge in [-0.3, -0.25) is 0 Å². The summed E-state index contributed by atoms with van der Waals surface area (Å²) in [4.78, 5) is 4.83. The molecule has 15 aromatic rings. The molecule has 0 saturated carbocycles. The summed E-state index contributed by atoms with van der Waals surface area (Å²) in [5.41, 5.74) is 17.6. The molecule has 12 aromatic carbocycles. The Balaban J connectivity index is 1.07. The second kappa shape index (κ2) is 16.9. The van der Waals surface area contributed by atoms with Gasteiger partial charge in [-0.1, -0.05) is 206 Å². The average molecular weight is 963 g/mol. The van der Waals surface area contributed by atoms with E-state index in [1.165, 1.54) is 0 Å². The number of benzene rings is 12. The topological polar surface area (TPSA) is 45.9 Å². The third-order valence-corrected chi connectivity index (χ3v) is 15.3. The summed E-state index contributed by atoms with van der Waals surface area (Å²) in [7, 11) is 0. The van der Waals surface area contributed by atoms with Gasteiger partial charge >= 0.3 is 0 Å². The molecular formula is C70H46N2O3. The fourth-order valence-corrected chi connectivity index (χ4v) is 11.8. The van der Waals surface area contributed by atoms with Crippen molar-refractivity contribution in [3.63, 3.8) is 0 Å². The maximum atomic E-state index is 7.33. The molecule has 5 heteroatoms. The first-order chi connectivity index (χ1) is 37.1. The lowest BCUT2D eigenvalue weighted by Gasteiger charge is -2.29. The lowest BCUT2D eigenvalue weighted by atomic mass is 9.97. The normalized spacial score (nSPS) is 11.9. The Morgan fingerprint density at radius 3 is 0.973 bits per heavy atom. The molecule has 3 aromatic heterocycles. The van der Waals surface area contributed by atoms with Gasteiger partial charge in [0.1, 0.15) is 22.3 Å². The van der Waals surface area contributed by atoms with E-state index >= 15 is 0 Å². The first-order valence-electron chi connectivity index (χ1n) is 25.6. The number of hydrogen-bond acceptors (Lipinski definition) is 5. The smallest absolute Gasteiger partial charge is 0.159 e. The van der Waals surface area contributed by atoms with Gasteiger partial charge in [-0.2, -0.15) is 0 Å². The van der Waals surface area contributed by atoms with Gasteiger partial charge in [0, 0.05) is 65.0 Å². The Labute approximate surface area is 432 Å². The van der Waals surface area contributed by atoms with Crippen LogP contribution in [0.4, 0.5) is 34.1 Å². The first kappa shape index (κ1) is 42.8. The van der Waals surface area contributed by atoms with Crippen molar-refractivity contribution in [3.8, 4) is 22.3 Å². The molecule has 0 radical (unpaired) electrons. The second-order valence-electron chi connectivity index (χ2n) is 19.6. The number of hydrogen-bond donors (Lipinski definition) is 0. The summed E-state index contributed by atoms with van der Waals surface area (Å²) in [6.07, 6.45) is 0. The van der Waals surface area contributed by atoms with Crippen LogP contribution in [-0.4, -0.2) is 0 Å². The molecule has 0 amide bonds. The molecule has 354 valence electrons. The van der Waals surface area contributed by atoms with Crippen LogP contribution >= 0.6 is 0 Å². The van der Waals surface area contributed by atoms with Crippen LogP contribution in [0.1, 0.15) is 11.1 Å². The van der Waals surface area contributed by atoms with Gasteiger partial charge in [0.2, 0.25) is 0 Å². The number of furan rings is 3. The van der Waals surface area contributed by atoms with Gasteiger partial charge in [-0.15, -0.1) is 0 Å². The first-order valence-corrected chi connectivity index (χ1v) is 25.6. The van der Waals surface area contributed by atoms with Crippen LogP contribution in [0.5, 0.6) is 0 Å². The van der Waals surface area contributed by atoms with Crippen molar-refractivity contribution in [1.82, 2.24) is 0 Å². The molecule has 0 aliphatic carbocycles. The molecule has 0 saturated heterocycles. The minimum atomic E-state index is 0.821. The fraction of sp³-hybridized carbons (Fsp3) is 0.0286. The third kappa shape index (κ3) is 6.58. The summed E-state index contributed by atoms with van der Waals surface area (Å²) in [6.45, 7) is 4.24. The van der Waals surface area contributed by atoms with Crippen molar-refractivity contribution in [1.29, 1.82) is 0 Å². The molecule has 0 spiro atoms. The molecule has 0 N–H and O–H groups in total. The summed E-state index contributed by atoms with van der Waals surface area (Å²) in [5, 5.41) is 10.4. The van der Waals surface area contributed by atoms with Crippen molar-refractivity contribution < 1.29 is 13.3 Å². The number of rotatable bonds is 8. The van der Waals surface area contributed by atoms with Crippen LogP contribution < -0.4 is 9.80 Å². The monoisotopic (exact) mass is 962 g/mol. The van der Waals surface area contributed by atoms with E-state index in [0.717, 1.165) is 155 Å².